The lowest BCUT2D eigenvalue weighted by molar-refractivity contribution is -0.202. The number of halogens is 1. The van der Waals surface area contributed by atoms with Crippen LogP contribution in [0.2, 0.25) is 0 Å². The highest BCUT2D eigenvalue weighted by Gasteiger charge is 2.37. The summed E-state index contributed by atoms with van der Waals surface area (Å²) in [4.78, 5) is 24.2. The molecule has 0 saturated carbocycles. The third kappa shape index (κ3) is 2.59. The van der Waals surface area contributed by atoms with Crippen molar-refractivity contribution in [3.05, 3.63) is 32.9 Å². The van der Waals surface area contributed by atoms with Gasteiger partial charge in [-0.15, -0.1) is 0 Å². The standard InChI is InChI=1S/C10H13FN2O6/c11-4-2-13(10(18)12-9(4)17)7-1-5(15)8(16)6(3-14)19-7/h2,5-8,14-16H,1,3H2,(H,12,17,18)/t5-,6-,7+,8-/m1/s1. The van der Waals surface area contributed by atoms with Gasteiger partial charge in [-0.1, -0.05) is 0 Å². The summed E-state index contributed by atoms with van der Waals surface area (Å²) in [5.74, 6) is -1.18. The van der Waals surface area contributed by atoms with Crippen LogP contribution in [-0.2, 0) is 4.74 Å². The fourth-order valence-electron chi connectivity index (χ4n) is 1.94. The van der Waals surface area contributed by atoms with Gasteiger partial charge in [0.05, 0.1) is 18.9 Å². The second kappa shape index (κ2) is 5.21. The first-order valence-corrected chi connectivity index (χ1v) is 5.57. The molecule has 0 spiro atoms. The van der Waals surface area contributed by atoms with Crippen molar-refractivity contribution >= 4 is 0 Å². The fourth-order valence-corrected chi connectivity index (χ4v) is 1.94. The topological polar surface area (TPSA) is 125 Å². The van der Waals surface area contributed by atoms with E-state index in [1.165, 1.54) is 0 Å². The Morgan fingerprint density at radius 1 is 1.47 bits per heavy atom. The monoisotopic (exact) mass is 276 g/mol. The summed E-state index contributed by atoms with van der Waals surface area (Å²) < 4.78 is 19.1. The first-order chi connectivity index (χ1) is 8.93. The number of nitrogens with one attached hydrogen (secondary N) is 1. The summed E-state index contributed by atoms with van der Waals surface area (Å²) >= 11 is 0. The number of H-pyrrole nitrogens is 1. The minimum atomic E-state index is -1.30. The van der Waals surface area contributed by atoms with Gasteiger partial charge in [0.15, 0.2) is 0 Å². The van der Waals surface area contributed by atoms with Crippen LogP contribution < -0.4 is 11.2 Å². The molecule has 9 heteroatoms. The predicted molar refractivity (Wildman–Crippen MR) is 58.9 cm³/mol. The molecular weight excluding hydrogens is 263 g/mol. The molecule has 0 aliphatic carbocycles. The molecule has 0 aromatic carbocycles. The number of hydrogen-bond acceptors (Lipinski definition) is 6. The van der Waals surface area contributed by atoms with Crippen LogP contribution in [0.4, 0.5) is 4.39 Å². The molecule has 0 radical (unpaired) electrons. The van der Waals surface area contributed by atoms with Crippen LogP contribution in [0, 0.1) is 5.82 Å². The summed E-state index contributed by atoms with van der Waals surface area (Å²) in [5.41, 5.74) is -2.06. The number of aromatic nitrogens is 2. The largest absolute Gasteiger partial charge is 0.394 e. The highest BCUT2D eigenvalue weighted by Crippen LogP contribution is 2.26. The summed E-state index contributed by atoms with van der Waals surface area (Å²) in [6.07, 6.45) is -4.25. The zero-order chi connectivity index (χ0) is 14.2. The van der Waals surface area contributed by atoms with Crippen LogP contribution in [0.3, 0.4) is 0 Å². The normalized spacial score (nSPS) is 31.4. The number of aliphatic hydroxyl groups excluding tert-OH is 3. The van der Waals surface area contributed by atoms with Crippen LogP contribution in [0.5, 0.6) is 0 Å². The maximum Gasteiger partial charge on any atom is 0.330 e. The minimum absolute atomic E-state index is 0.178. The molecule has 106 valence electrons. The maximum atomic E-state index is 13.1. The molecule has 2 rings (SSSR count). The molecule has 8 nitrogen and oxygen atoms in total. The van der Waals surface area contributed by atoms with E-state index in [4.69, 9.17) is 9.84 Å². The van der Waals surface area contributed by atoms with E-state index in [0.717, 1.165) is 4.57 Å². The summed E-state index contributed by atoms with van der Waals surface area (Å²) in [5, 5.41) is 28.1. The molecule has 4 atom stereocenters. The Kier molecular flexibility index (Phi) is 3.80. The number of rotatable bonds is 2. The second-order valence-corrected chi connectivity index (χ2v) is 4.25. The van der Waals surface area contributed by atoms with Gasteiger partial charge >= 0.3 is 5.69 Å². The number of hydrogen-bond donors (Lipinski definition) is 4. The molecule has 19 heavy (non-hydrogen) atoms. The van der Waals surface area contributed by atoms with E-state index in [-0.39, 0.29) is 6.42 Å². The second-order valence-electron chi connectivity index (χ2n) is 4.25. The van der Waals surface area contributed by atoms with Crippen LogP contribution in [0.15, 0.2) is 15.8 Å². The first-order valence-electron chi connectivity index (χ1n) is 5.57. The van der Waals surface area contributed by atoms with Crippen molar-refractivity contribution in [2.24, 2.45) is 0 Å². The van der Waals surface area contributed by atoms with E-state index in [0.29, 0.717) is 6.20 Å². The number of aliphatic hydroxyl groups is 3. The van der Waals surface area contributed by atoms with Crippen molar-refractivity contribution in [2.45, 2.75) is 31.0 Å². The van der Waals surface area contributed by atoms with E-state index < -0.39 is 48.2 Å². The lowest BCUT2D eigenvalue weighted by Gasteiger charge is -2.36. The van der Waals surface area contributed by atoms with Gasteiger partial charge in [-0.3, -0.25) is 14.3 Å². The predicted octanol–water partition coefficient (Wildman–Crippen LogP) is -2.32. The smallest absolute Gasteiger partial charge is 0.330 e. The van der Waals surface area contributed by atoms with Gasteiger partial charge in [0.2, 0.25) is 5.82 Å². The molecular formula is C10H13FN2O6. The molecule has 0 unspecified atom stereocenters. The van der Waals surface area contributed by atoms with E-state index in [9.17, 15) is 24.2 Å². The average Bonchev–Trinajstić information content (AvgIpc) is 2.37. The summed E-state index contributed by atoms with van der Waals surface area (Å²) in [7, 11) is 0. The van der Waals surface area contributed by atoms with Gasteiger partial charge in [0, 0.05) is 6.42 Å². The van der Waals surface area contributed by atoms with E-state index in [2.05, 4.69) is 0 Å². The summed E-state index contributed by atoms with van der Waals surface area (Å²) in [6.45, 7) is -0.574. The SMILES string of the molecule is O=c1[nH]c(=O)n([C@@H]2C[C@@H](O)[C@@H](O)[C@@H](CO)O2)cc1F. The fraction of sp³-hybridized carbons (Fsp3) is 0.600. The highest BCUT2D eigenvalue weighted by molar-refractivity contribution is 4.91. The third-order valence-electron chi connectivity index (χ3n) is 2.96. The maximum absolute atomic E-state index is 13.1. The molecule has 0 bridgehead atoms. The molecule has 1 saturated heterocycles. The van der Waals surface area contributed by atoms with Gasteiger partial charge in [-0.2, -0.15) is 4.39 Å². The molecule has 1 aliphatic rings. The minimum Gasteiger partial charge on any atom is -0.394 e. The zero-order valence-corrected chi connectivity index (χ0v) is 9.69. The third-order valence-corrected chi connectivity index (χ3v) is 2.96. The van der Waals surface area contributed by atoms with Crippen molar-refractivity contribution in [2.75, 3.05) is 6.61 Å². The van der Waals surface area contributed by atoms with Crippen molar-refractivity contribution in [3.63, 3.8) is 0 Å². The Labute approximate surface area is 105 Å². The Hall–Kier alpha value is -1.55. The molecule has 0 amide bonds. The van der Waals surface area contributed by atoms with Gasteiger partial charge in [0.1, 0.15) is 18.4 Å². The van der Waals surface area contributed by atoms with Gasteiger partial charge in [0.25, 0.3) is 5.56 Å². The van der Waals surface area contributed by atoms with Gasteiger partial charge in [-0.05, 0) is 0 Å². The Morgan fingerprint density at radius 3 is 2.79 bits per heavy atom. The highest BCUT2D eigenvalue weighted by atomic mass is 19.1. The molecule has 2 heterocycles. The first kappa shape index (κ1) is 13.9. The zero-order valence-electron chi connectivity index (χ0n) is 9.69. The average molecular weight is 276 g/mol. The van der Waals surface area contributed by atoms with Crippen molar-refractivity contribution in [1.82, 2.24) is 9.55 Å². The van der Waals surface area contributed by atoms with E-state index in [1.807, 2.05) is 0 Å². The molecule has 1 aromatic rings. The Balaban J connectivity index is 2.35. The van der Waals surface area contributed by atoms with Crippen molar-refractivity contribution < 1.29 is 24.4 Å². The summed E-state index contributed by atoms with van der Waals surface area (Å²) in [6, 6.07) is 0. The van der Waals surface area contributed by atoms with Crippen LogP contribution in [0.1, 0.15) is 12.6 Å². The van der Waals surface area contributed by atoms with E-state index in [1.54, 1.807) is 4.98 Å². The van der Waals surface area contributed by atoms with Crippen molar-refractivity contribution in [3.8, 4) is 0 Å². The van der Waals surface area contributed by atoms with E-state index >= 15 is 0 Å². The van der Waals surface area contributed by atoms with Gasteiger partial charge in [-0.25, -0.2) is 4.79 Å². The Bertz CT molecular complexity index is 570. The number of ether oxygens (including phenoxy) is 1. The molecule has 1 aliphatic heterocycles. The van der Waals surface area contributed by atoms with Crippen LogP contribution in [-0.4, -0.2) is 49.8 Å². The lowest BCUT2D eigenvalue weighted by Crippen LogP contribution is -2.50. The van der Waals surface area contributed by atoms with Crippen LogP contribution in [0.25, 0.3) is 0 Å². The molecule has 1 fully saturated rings. The Morgan fingerprint density at radius 2 is 2.16 bits per heavy atom. The number of nitrogens with zero attached hydrogens (tertiary/aromatic N) is 1. The quantitative estimate of drug-likeness (QED) is 0.480. The van der Waals surface area contributed by atoms with Gasteiger partial charge < -0.3 is 20.1 Å². The van der Waals surface area contributed by atoms with Crippen molar-refractivity contribution in [1.29, 1.82) is 0 Å². The van der Waals surface area contributed by atoms with Crippen LogP contribution >= 0.6 is 0 Å². The number of aromatic amines is 1. The molecule has 1 aromatic heterocycles. The lowest BCUT2D eigenvalue weighted by atomic mass is 10.0. The molecule has 4 N–H and O–H groups in total.